The van der Waals surface area contributed by atoms with Crippen LogP contribution in [0.2, 0.25) is 0 Å². The van der Waals surface area contributed by atoms with Gasteiger partial charge < -0.3 is 9.47 Å². The van der Waals surface area contributed by atoms with Gasteiger partial charge in [-0.1, -0.05) is 55.5 Å². The maximum absolute atomic E-state index is 13.2. The van der Waals surface area contributed by atoms with Gasteiger partial charge in [0.15, 0.2) is 0 Å². The van der Waals surface area contributed by atoms with E-state index in [0.717, 1.165) is 22.3 Å². The van der Waals surface area contributed by atoms with Crippen molar-refractivity contribution in [2.24, 2.45) is 0 Å². The predicted octanol–water partition coefficient (Wildman–Crippen LogP) is 4.45. The average molecular weight is 354 g/mol. The molecular weight excluding hydrogens is 328 g/mol. The largest absolute Gasteiger partial charge is 0.425 e. The van der Waals surface area contributed by atoms with E-state index < -0.39 is 23.6 Å². The molecule has 0 saturated carbocycles. The maximum atomic E-state index is 13.2. The SMILES string of the molecule is CCC(=O)OC(C)OC(=O)C(C)(c1ccccc1C)c1ccccc1C. The molecule has 1 atom stereocenters. The van der Waals surface area contributed by atoms with Gasteiger partial charge in [0.25, 0.3) is 0 Å². The van der Waals surface area contributed by atoms with Crippen molar-refractivity contribution in [1.29, 1.82) is 0 Å². The molecule has 0 aromatic heterocycles. The van der Waals surface area contributed by atoms with Gasteiger partial charge in [0.2, 0.25) is 6.29 Å². The zero-order valence-corrected chi connectivity index (χ0v) is 16.0. The molecule has 0 amide bonds. The van der Waals surface area contributed by atoms with Gasteiger partial charge in [-0.25, -0.2) is 0 Å². The molecule has 0 aliphatic heterocycles. The lowest BCUT2D eigenvalue weighted by Crippen LogP contribution is -2.39. The molecule has 0 N–H and O–H groups in total. The van der Waals surface area contributed by atoms with Gasteiger partial charge in [0.1, 0.15) is 5.41 Å². The first-order chi connectivity index (χ1) is 12.3. The van der Waals surface area contributed by atoms with E-state index in [2.05, 4.69) is 0 Å². The van der Waals surface area contributed by atoms with Gasteiger partial charge >= 0.3 is 11.9 Å². The second kappa shape index (κ2) is 8.17. The normalized spacial score (nSPS) is 12.3. The number of aryl methyl sites for hydroxylation is 2. The van der Waals surface area contributed by atoms with Crippen LogP contribution in [0.25, 0.3) is 0 Å². The number of hydrogen-bond donors (Lipinski definition) is 0. The number of benzene rings is 2. The summed E-state index contributed by atoms with van der Waals surface area (Å²) in [6.45, 7) is 9.05. The minimum Gasteiger partial charge on any atom is -0.425 e. The predicted molar refractivity (Wildman–Crippen MR) is 101 cm³/mol. The Morgan fingerprint density at radius 2 is 1.38 bits per heavy atom. The van der Waals surface area contributed by atoms with Crippen LogP contribution in [0.1, 0.15) is 49.4 Å². The molecule has 0 fully saturated rings. The van der Waals surface area contributed by atoms with Crippen LogP contribution in [0.15, 0.2) is 48.5 Å². The summed E-state index contributed by atoms with van der Waals surface area (Å²) < 4.78 is 10.6. The van der Waals surface area contributed by atoms with Gasteiger partial charge in [-0.2, -0.15) is 0 Å². The number of hydrogen-bond acceptors (Lipinski definition) is 4. The first-order valence-electron chi connectivity index (χ1n) is 8.83. The standard InChI is InChI=1S/C22H26O4/c1-6-20(23)25-17(4)26-21(24)22(5,18-13-9-7-11-15(18)2)19-14-10-8-12-16(19)3/h7-14,17H,6H2,1-5H3. The van der Waals surface area contributed by atoms with E-state index in [0.29, 0.717) is 0 Å². The zero-order chi connectivity index (χ0) is 19.3. The second-order valence-corrected chi connectivity index (χ2v) is 6.57. The van der Waals surface area contributed by atoms with Crippen molar-refractivity contribution in [2.75, 3.05) is 0 Å². The molecule has 138 valence electrons. The van der Waals surface area contributed by atoms with E-state index in [4.69, 9.17) is 9.47 Å². The number of esters is 2. The van der Waals surface area contributed by atoms with Crippen molar-refractivity contribution >= 4 is 11.9 Å². The highest BCUT2D eigenvalue weighted by Gasteiger charge is 2.41. The van der Waals surface area contributed by atoms with Crippen molar-refractivity contribution in [3.05, 3.63) is 70.8 Å². The molecule has 0 spiro atoms. The molecular formula is C22H26O4. The molecule has 26 heavy (non-hydrogen) atoms. The Hall–Kier alpha value is -2.62. The van der Waals surface area contributed by atoms with Gasteiger partial charge in [-0.05, 0) is 43.0 Å². The first-order valence-corrected chi connectivity index (χ1v) is 8.83. The van der Waals surface area contributed by atoms with Crippen LogP contribution < -0.4 is 0 Å². The van der Waals surface area contributed by atoms with Gasteiger partial charge in [0, 0.05) is 13.3 Å². The second-order valence-electron chi connectivity index (χ2n) is 6.57. The summed E-state index contributed by atoms with van der Waals surface area (Å²) in [4.78, 5) is 24.7. The molecule has 0 heterocycles. The Balaban J connectivity index is 2.48. The Bertz CT molecular complexity index is 749. The Morgan fingerprint density at radius 3 is 1.81 bits per heavy atom. The fourth-order valence-electron chi connectivity index (χ4n) is 3.19. The minimum atomic E-state index is -1.01. The van der Waals surface area contributed by atoms with Crippen LogP contribution in [-0.4, -0.2) is 18.2 Å². The highest BCUT2D eigenvalue weighted by atomic mass is 16.7. The Kier molecular flexibility index (Phi) is 6.19. The van der Waals surface area contributed by atoms with Crippen molar-refractivity contribution in [3.63, 3.8) is 0 Å². The van der Waals surface area contributed by atoms with Crippen LogP contribution in [-0.2, 0) is 24.5 Å². The third kappa shape index (κ3) is 3.96. The summed E-state index contributed by atoms with van der Waals surface area (Å²) in [5.74, 6) is -0.851. The lowest BCUT2D eigenvalue weighted by atomic mass is 9.73. The highest BCUT2D eigenvalue weighted by Crippen LogP contribution is 2.37. The number of rotatable bonds is 6. The van der Waals surface area contributed by atoms with Gasteiger partial charge in [-0.3, -0.25) is 9.59 Å². The molecule has 0 aliphatic rings. The summed E-state index contributed by atoms with van der Waals surface area (Å²) in [7, 11) is 0. The third-order valence-corrected chi connectivity index (χ3v) is 4.63. The molecule has 4 heteroatoms. The van der Waals surface area contributed by atoms with Gasteiger partial charge in [-0.15, -0.1) is 0 Å². The Morgan fingerprint density at radius 1 is 0.923 bits per heavy atom. The maximum Gasteiger partial charge on any atom is 0.323 e. The van der Waals surface area contributed by atoms with Crippen molar-refractivity contribution in [3.8, 4) is 0 Å². The smallest absolute Gasteiger partial charge is 0.323 e. The van der Waals surface area contributed by atoms with Gasteiger partial charge in [0.05, 0.1) is 0 Å². The highest BCUT2D eigenvalue weighted by molar-refractivity contribution is 5.88. The van der Waals surface area contributed by atoms with E-state index in [1.54, 1.807) is 13.8 Å². The monoisotopic (exact) mass is 354 g/mol. The van der Waals surface area contributed by atoms with E-state index in [-0.39, 0.29) is 6.42 Å². The molecule has 4 nitrogen and oxygen atoms in total. The Labute approximate surface area is 155 Å². The fourth-order valence-corrected chi connectivity index (χ4v) is 3.19. The summed E-state index contributed by atoms with van der Waals surface area (Å²) in [5.41, 5.74) is 2.72. The number of carbonyl (C=O) groups is 2. The molecule has 0 radical (unpaired) electrons. The molecule has 2 aromatic carbocycles. The van der Waals surface area contributed by atoms with Crippen LogP contribution in [0, 0.1) is 13.8 Å². The minimum absolute atomic E-state index is 0.231. The molecule has 2 rings (SSSR count). The fraction of sp³-hybridized carbons (Fsp3) is 0.364. The van der Waals surface area contributed by atoms with Crippen molar-refractivity contribution in [1.82, 2.24) is 0 Å². The van der Waals surface area contributed by atoms with Crippen molar-refractivity contribution in [2.45, 2.75) is 52.7 Å². The third-order valence-electron chi connectivity index (χ3n) is 4.63. The number of carbonyl (C=O) groups excluding carboxylic acids is 2. The lowest BCUT2D eigenvalue weighted by Gasteiger charge is -2.32. The van der Waals surface area contributed by atoms with E-state index in [1.165, 1.54) is 0 Å². The lowest BCUT2D eigenvalue weighted by molar-refractivity contribution is -0.187. The van der Waals surface area contributed by atoms with Crippen LogP contribution in [0.4, 0.5) is 0 Å². The molecule has 2 aromatic rings. The van der Waals surface area contributed by atoms with Crippen LogP contribution in [0.3, 0.4) is 0 Å². The van der Waals surface area contributed by atoms with Crippen LogP contribution >= 0.6 is 0 Å². The summed E-state index contributed by atoms with van der Waals surface area (Å²) >= 11 is 0. The zero-order valence-electron chi connectivity index (χ0n) is 16.0. The summed E-state index contributed by atoms with van der Waals surface area (Å²) in [6.07, 6.45) is -0.711. The summed E-state index contributed by atoms with van der Waals surface area (Å²) in [5, 5.41) is 0. The topological polar surface area (TPSA) is 52.6 Å². The van der Waals surface area contributed by atoms with Crippen LogP contribution in [0.5, 0.6) is 0 Å². The van der Waals surface area contributed by atoms with E-state index in [9.17, 15) is 9.59 Å². The summed E-state index contributed by atoms with van der Waals surface area (Å²) in [6, 6.07) is 15.5. The van der Waals surface area contributed by atoms with E-state index in [1.807, 2.05) is 69.3 Å². The first kappa shape index (κ1) is 19.7. The van der Waals surface area contributed by atoms with Crippen molar-refractivity contribution < 1.29 is 19.1 Å². The molecule has 0 saturated heterocycles. The molecule has 0 bridgehead atoms. The molecule has 0 aliphatic carbocycles. The quantitative estimate of drug-likeness (QED) is 0.568. The number of ether oxygens (including phenoxy) is 2. The average Bonchev–Trinajstić information content (AvgIpc) is 2.61. The molecule has 1 unspecified atom stereocenters. The van der Waals surface area contributed by atoms with E-state index >= 15 is 0 Å².